The van der Waals surface area contributed by atoms with Gasteiger partial charge in [-0.15, -0.1) is 0 Å². The van der Waals surface area contributed by atoms with E-state index in [2.05, 4.69) is 202 Å². The highest BCUT2D eigenvalue weighted by atomic mass is 15.3. The molecule has 4 atom stereocenters. The van der Waals surface area contributed by atoms with Gasteiger partial charge < -0.3 is 14.4 Å². The van der Waals surface area contributed by atoms with Crippen LogP contribution < -0.4 is 26.2 Å². The summed E-state index contributed by atoms with van der Waals surface area (Å²) in [5.74, 6) is 0. The molecular formula is C60H56BN3. The Hall–Kier alpha value is -6.00. The average Bonchev–Trinajstić information content (AvgIpc) is 3.83. The van der Waals surface area contributed by atoms with Gasteiger partial charge in [0.25, 0.3) is 6.71 Å². The fourth-order valence-electron chi connectivity index (χ4n) is 14.8. The maximum absolute atomic E-state index is 2.93. The van der Waals surface area contributed by atoms with E-state index in [0.29, 0.717) is 0 Å². The number of hydrogen-bond donors (Lipinski definition) is 0. The number of rotatable bonds is 2. The zero-order valence-electron chi connectivity index (χ0n) is 38.4. The molecule has 14 rings (SSSR count). The number of aromatic nitrogens is 1. The quantitative estimate of drug-likeness (QED) is 0.161. The van der Waals surface area contributed by atoms with E-state index in [1.54, 1.807) is 5.56 Å². The molecule has 2 aliphatic carbocycles. The largest absolute Gasteiger partial charge is 0.335 e. The van der Waals surface area contributed by atoms with Crippen LogP contribution in [0.25, 0.3) is 38.6 Å². The van der Waals surface area contributed by atoms with Crippen molar-refractivity contribution in [2.24, 2.45) is 0 Å². The summed E-state index contributed by atoms with van der Waals surface area (Å²) < 4.78 is 2.68. The van der Waals surface area contributed by atoms with Gasteiger partial charge in [-0.25, -0.2) is 0 Å². The smallest absolute Gasteiger partial charge is 0.252 e. The van der Waals surface area contributed by atoms with Gasteiger partial charge in [0.1, 0.15) is 0 Å². The Labute approximate surface area is 378 Å². The van der Waals surface area contributed by atoms with Crippen LogP contribution >= 0.6 is 0 Å². The maximum Gasteiger partial charge on any atom is 0.252 e. The van der Waals surface area contributed by atoms with Gasteiger partial charge in [0.2, 0.25) is 0 Å². The third-order valence-electron chi connectivity index (χ3n) is 18.5. The summed E-state index contributed by atoms with van der Waals surface area (Å²) in [5.41, 5.74) is 23.4. The minimum atomic E-state index is -0.321. The maximum atomic E-state index is 2.93. The lowest BCUT2D eigenvalue weighted by Crippen LogP contribution is -2.64. The van der Waals surface area contributed by atoms with E-state index in [0.717, 1.165) is 12.8 Å². The van der Waals surface area contributed by atoms with Gasteiger partial charge in [-0.3, -0.25) is 0 Å². The predicted octanol–water partition coefficient (Wildman–Crippen LogP) is 12.9. The van der Waals surface area contributed by atoms with Crippen molar-refractivity contribution >= 4 is 67.7 Å². The van der Waals surface area contributed by atoms with E-state index in [-0.39, 0.29) is 34.0 Å². The van der Waals surface area contributed by atoms with Crippen LogP contribution in [-0.4, -0.2) is 16.8 Å². The topological polar surface area (TPSA) is 11.4 Å². The van der Waals surface area contributed by atoms with E-state index in [1.807, 2.05) is 0 Å². The third kappa shape index (κ3) is 4.24. The van der Waals surface area contributed by atoms with Gasteiger partial charge in [-0.2, -0.15) is 0 Å². The molecule has 0 radical (unpaired) electrons. The molecule has 5 heterocycles. The molecule has 314 valence electrons. The van der Waals surface area contributed by atoms with Gasteiger partial charge in [-0.1, -0.05) is 157 Å². The second kappa shape index (κ2) is 12.0. The first-order valence-corrected chi connectivity index (χ1v) is 24.1. The number of nitrogens with zero attached hydrogens (tertiary/aromatic N) is 3. The van der Waals surface area contributed by atoms with Gasteiger partial charge in [-0.05, 0) is 131 Å². The molecular weight excluding hydrogens is 773 g/mol. The fourth-order valence-corrected chi connectivity index (χ4v) is 14.8. The third-order valence-corrected chi connectivity index (χ3v) is 18.5. The molecule has 4 aliphatic heterocycles. The Kier molecular flexibility index (Phi) is 7.02. The van der Waals surface area contributed by atoms with Gasteiger partial charge in [0.15, 0.2) is 0 Å². The van der Waals surface area contributed by atoms with Crippen molar-refractivity contribution in [3.8, 4) is 16.8 Å². The number of hydrogen-bond acceptors (Lipinski definition) is 2. The molecule has 0 saturated heterocycles. The van der Waals surface area contributed by atoms with Crippen molar-refractivity contribution < 1.29 is 0 Å². The fraction of sp³-hybridized carbons (Fsp3) is 0.300. The molecule has 3 nitrogen and oxygen atoms in total. The van der Waals surface area contributed by atoms with Crippen LogP contribution in [0.5, 0.6) is 0 Å². The number of para-hydroxylation sites is 2. The van der Waals surface area contributed by atoms with Crippen molar-refractivity contribution in [1.82, 2.24) is 4.57 Å². The van der Waals surface area contributed by atoms with E-state index in [9.17, 15) is 0 Å². The van der Waals surface area contributed by atoms with Crippen molar-refractivity contribution in [1.29, 1.82) is 0 Å². The number of fused-ring (bicyclic) bond motifs is 15. The van der Waals surface area contributed by atoms with E-state index < -0.39 is 0 Å². The molecule has 6 aliphatic rings. The van der Waals surface area contributed by atoms with Crippen LogP contribution in [-0.2, 0) is 28.2 Å². The van der Waals surface area contributed by atoms with Crippen LogP contribution in [0.3, 0.4) is 0 Å². The zero-order chi connectivity index (χ0) is 43.3. The Morgan fingerprint density at radius 2 is 1.30 bits per heavy atom. The minimum absolute atomic E-state index is 0.0129. The van der Waals surface area contributed by atoms with E-state index in [1.165, 1.54) is 126 Å². The van der Waals surface area contributed by atoms with Crippen LogP contribution in [0.1, 0.15) is 108 Å². The Morgan fingerprint density at radius 1 is 0.547 bits per heavy atom. The minimum Gasteiger partial charge on any atom is -0.335 e. The molecule has 1 fully saturated rings. The Balaban J connectivity index is 1.14. The van der Waals surface area contributed by atoms with Crippen LogP contribution in [0.15, 0.2) is 140 Å². The van der Waals surface area contributed by atoms with Crippen molar-refractivity contribution in [3.63, 3.8) is 0 Å². The highest BCUT2D eigenvalue weighted by Crippen LogP contribution is 2.66. The molecule has 1 aromatic heterocycles. The first-order chi connectivity index (χ1) is 30.9. The lowest BCUT2D eigenvalue weighted by molar-refractivity contribution is 0.195. The van der Waals surface area contributed by atoms with E-state index in [4.69, 9.17) is 0 Å². The summed E-state index contributed by atoms with van der Waals surface area (Å²) in [6.07, 6.45) is 7.07. The van der Waals surface area contributed by atoms with Crippen molar-refractivity contribution in [3.05, 3.63) is 167 Å². The lowest BCUT2D eigenvalue weighted by atomic mass is 9.33. The lowest BCUT2D eigenvalue weighted by Gasteiger charge is -2.53. The highest BCUT2D eigenvalue weighted by Gasteiger charge is 2.63. The van der Waals surface area contributed by atoms with E-state index >= 15 is 0 Å². The van der Waals surface area contributed by atoms with Crippen molar-refractivity contribution in [2.45, 2.75) is 114 Å². The predicted molar refractivity (Wildman–Crippen MR) is 270 cm³/mol. The van der Waals surface area contributed by atoms with Gasteiger partial charge in [0.05, 0.1) is 16.6 Å². The normalized spacial score (nSPS) is 25.5. The molecule has 1 saturated carbocycles. The van der Waals surface area contributed by atoms with Crippen LogP contribution in [0.4, 0.5) is 22.7 Å². The summed E-state index contributed by atoms with van der Waals surface area (Å²) in [5, 5.41) is 2.67. The molecule has 8 aromatic rings. The number of anilines is 4. The Bertz CT molecular complexity index is 3370. The molecule has 0 spiro atoms. The highest BCUT2D eigenvalue weighted by molar-refractivity contribution is 7.00. The first-order valence-electron chi connectivity index (χ1n) is 24.1. The number of aryl methyl sites for hydroxylation is 1. The van der Waals surface area contributed by atoms with Crippen LogP contribution in [0, 0.1) is 0 Å². The molecule has 0 amide bonds. The number of benzene rings is 7. The summed E-state index contributed by atoms with van der Waals surface area (Å²) in [6, 6.07) is 55.0. The monoisotopic (exact) mass is 829 g/mol. The average molecular weight is 830 g/mol. The summed E-state index contributed by atoms with van der Waals surface area (Å²) >= 11 is 0. The SMILES string of the molecule is CC(C)(C)c1ccc2c(c1)C1(C)CCc3ccccc3C1(C)N2c1cc2c3c(c1)-n1c4ccccc4c4cccc(c41)B3c1cc(-c3ccccc3)cc3c1N2C1(C)CCCCC31C. The molecule has 64 heavy (non-hydrogen) atoms. The zero-order valence-corrected chi connectivity index (χ0v) is 38.4. The molecule has 4 heteroatoms. The molecule has 4 unspecified atom stereocenters. The van der Waals surface area contributed by atoms with Crippen molar-refractivity contribution in [2.75, 3.05) is 9.80 Å². The summed E-state index contributed by atoms with van der Waals surface area (Å²) in [6.45, 7) is 17.6. The second-order valence-corrected chi connectivity index (χ2v) is 22.3. The second-order valence-electron chi connectivity index (χ2n) is 22.3. The standard InChI is InChI=1S/C60H56BN3/c1-56(2,3)40-26-27-50-45(34-40)58(5)31-28-38-20-11-13-23-44(38)60(58,7)63(50)41-35-51-53-52(36-41)64-55-46(57(4)29-15-16-30-59(57,64)6)32-39(37-18-9-8-10-19-37)33-48(55)61(53)47-24-17-22-43-42-21-12-14-25-49(42)62(51)54(43)47/h8-14,17-27,32-36H,15-16,28-31H2,1-7H3. The Morgan fingerprint density at radius 3 is 2.14 bits per heavy atom. The molecule has 0 N–H and O–H groups in total. The van der Waals surface area contributed by atoms with Crippen LogP contribution in [0.2, 0.25) is 0 Å². The van der Waals surface area contributed by atoms with Gasteiger partial charge in [0, 0.05) is 55.6 Å². The first kappa shape index (κ1) is 37.4. The summed E-state index contributed by atoms with van der Waals surface area (Å²) in [4.78, 5) is 5.76. The van der Waals surface area contributed by atoms with Gasteiger partial charge >= 0.3 is 0 Å². The molecule has 0 bridgehead atoms. The summed E-state index contributed by atoms with van der Waals surface area (Å²) in [7, 11) is 0. The molecule has 7 aromatic carbocycles.